The highest BCUT2D eigenvalue weighted by Gasteiger charge is 2.33. The summed E-state index contributed by atoms with van der Waals surface area (Å²) >= 11 is 3.61. The topological polar surface area (TPSA) is 55.6 Å². The molecule has 1 saturated heterocycles. The molecule has 1 aromatic heterocycles. The lowest BCUT2D eigenvalue weighted by Crippen LogP contribution is -2.30. The Bertz CT molecular complexity index is 1210. The summed E-state index contributed by atoms with van der Waals surface area (Å²) in [6, 6.07) is 10.5. The van der Waals surface area contributed by atoms with Gasteiger partial charge < -0.3 is 9.15 Å². The van der Waals surface area contributed by atoms with Crippen molar-refractivity contribution >= 4 is 33.0 Å². The monoisotopic (exact) mass is 510 g/mol. The Hall–Kier alpha value is -2.18. The highest BCUT2D eigenvalue weighted by Crippen LogP contribution is 2.44. The first-order valence-electron chi connectivity index (χ1n) is 11.8. The lowest BCUT2D eigenvalue weighted by molar-refractivity contribution is -0.159. The molecule has 0 spiro atoms. The van der Waals surface area contributed by atoms with Gasteiger partial charge in [0.15, 0.2) is 5.58 Å². The van der Waals surface area contributed by atoms with Crippen LogP contribution in [0.3, 0.4) is 0 Å². The predicted octanol–water partition coefficient (Wildman–Crippen LogP) is 6.61. The maximum atomic E-state index is 12.5. The Kier molecular flexibility index (Phi) is 5.86. The number of carbonyl (C=O) groups is 1. The molecular weight excluding hydrogens is 480 g/mol. The molecule has 6 heteroatoms. The van der Waals surface area contributed by atoms with Crippen molar-refractivity contribution in [3.8, 4) is 11.5 Å². The van der Waals surface area contributed by atoms with E-state index < -0.39 is 5.60 Å². The summed E-state index contributed by atoms with van der Waals surface area (Å²) < 4.78 is 12.9. The Morgan fingerprint density at radius 3 is 2.76 bits per heavy atom. The lowest BCUT2D eigenvalue weighted by Gasteiger charge is -2.22. The molecule has 5 rings (SSSR count). The van der Waals surface area contributed by atoms with E-state index in [1.165, 1.54) is 24.0 Å². The number of carbonyl (C=O) groups excluding carboxylic acids is 1. The number of oxazole rings is 1. The molecule has 1 unspecified atom stereocenters. The lowest BCUT2D eigenvalue weighted by atomic mass is 10.0. The average molecular weight is 511 g/mol. The number of hydrogen-bond donors (Lipinski definition) is 0. The molecule has 5 nitrogen and oxygen atoms in total. The highest BCUT2D eigenvalue weighted by molar-refractivity contribution is 9.10. The maximum Gasteiger partial charge on any atom is 0.310 e. The van der Waals surface area contributed by atoms with Crippen molar-refractivity contribution in [1.82, 2.24) is 9.88 Å². The van der Waals surface area contributed by atoms with Crippen LogP contribution in [0.25, 0.3) is 22.6 Å². The Labute approximate surface area is 203 Å². The van der Waals surface area contributed by atoms with Crippen molar-refractivity contribution in [3.05, 3.63) is 51.5 Å². The van der Waals surface area contributed by atoms with E-state index in [4.69, 9.17) is 14.1 Å². The van der Waals surface area contributed by atoms with Gasteiger partial charge in [-0.05, 0) is 100 Å². The van der Waals surface area contributed by atoms with Gasteiger partial charge in [0, 0.05) is 23.1 Å². The summed E-state index contributed by atoms with van der Waals surface area (Å²) in [4.78, 5) is 19.8. The minimum Gasteiger partial charge on any atom is -0.460 e. The number of hydrogen-bond acceptors (Lipinski definition) is 5. The standard InChI is InChI=1S/C27H31BrN2O3/c1-16-20(6-5-7-22(16)28)25-29-23-12-19(21(17-8-9-17)13-24(23)32-25)15-30-11-10-18(14-30)26(31)33-27(2,3)4/h5-7,12-13,17-18H,8-11,14-15H2,1-4H3. The van der Waals surface area contributed by atoms with Crippen molar-refractivity contribution in [3.63, 3.8) is 0 Å². The Balaban J connectivity index is 1.40. The summed E-state index contributed by atoms with van der Waals surface area (Å²) in [6.45, 7) is 10.3. The molecule has 0 bridgehead atoms. The van der Waals surface area contributed by atoms with Gasteiger partial charge in [-0.1, -0.05) is 22.0 Å². The minimum atomic E-state index is -0.438. The van der Waals surface area contributed by atoms with E-state index in [9.17, 15) is 4.79 Å². The van der Waals surface area contributed by atoms with Gasteiger partial charge in [-0.25, -0.2) is 4.98 Å². The van der Waals surface area contributed by atoms with Gasteiger partial charge in [0.1, 0.15) is 11.1 Å². The van der Waals surface area contributed by atoms with E-state index in [0.717, 1.165) is 52.8 Å². The third-order valence-corrected chi connectivity index (χ3v) is 7.43. The third kappa shape index (κ3) is 4.87. The molecule has 0 N–H and O–H groups in total. The number of halogens is 1. The van der Waals surface area contributed by atoms with Gasteiger partial charge in [-0.2, -0.15) is 0 Å². The van der Waals surface area contributed by atoms with Crippen LogP contribution in [0.15, 0.2) is 39.2 Å². The number of benzene rings is 2. The second-order valence-corrected chi connectivity index (χ2v) is 11.3. The fourth-order valence-corrected chi connectivity index (χ4v) is 5.06. The Morgan fingerprint density at radius 1 is 1.24 bits per heavy atom. The molecule has 2 aromatic carbocycles. The molecule has 2 fully saturated rings. The number of likely N-dealkylation sites (tertiary alicyclic amines) is 1. The summed E-state index contributed by atoms with van der Waals surface area (Å²) in [5.74, 6) is 1.15. The molecule has 0 amide bonds. The van der Waals surface area contributed by atoms with Gasteiger partial charge in [0.2, 0.25) is 5.89 Å². The number of aromatic nitrogens is 1. The zero-order valence-electron chi connectivity index (χ0n) is 19.8. The molecule has 33 heavy (non-hydrogen) atoms. The number of ether oxygens (including phenoxy) is 1. The molecule has 1 aliphatic heterocycles. The normalized spacial score (nSPS) is 19.4. The largest absolute Gasteiger partial charge is 0.460 e. The minimum absolute atomic E-state index is 0.0458. The van der Waals surface area contributed by atoms with Gasteiger partial charge in [-0.15, -0.1) is 0 Å². The fraction of sp³-hybridized carbons (Fsp3) is 0.481. The second kappa shape index (κ2) is 8.55. The van der Waals surface area contributed by atoms with Gasteiger partial charge in [0.25, 0.3) is 0 Å². The zero-order chi connectivity index (χ0) is 23.3. The smallest absolute Gasteiger partial charge is 0.310 e. The van der Waals surface area contributed by atoms with Crippen LogP contribution < -0.4 is 0 Å². The molecule has 2 aliphatic rings. The first-order valence-corrected chi connectivity index (χ1v) is 12.6. The van der Waals surface area contributed by atoms with Crippen molar-refractivity contribution in [1.29, 1.82) is 0 Å². The number of fused-ring (bicyclic) bond motifs is 1. The first kappa shape index (κ1) is 22.6. The molecule has 1 saturated carbocycles. The third-order valence-electron chi connectivity index (χ3n) is 6.57. The summed E-state index contributed by atoms with van der Waals surface area (Å²) in [5, 5.41) is 0. The number of esters is 1. The van der Waals surface area contributed by atoms with E-state index in [0.29, 0.717) is 11.8 Å². The van der Waals surface area contributed by atoms with E-state index in [2.05, 4.69) is 46.0 Å². The van der Waals surface area contributed by atoms with E-state index in [1.807, 2.05) is 32.9 Å². The predicted molar refractivity (Wildman–Crippen MR) is 133 cm³/mol. The van der Waals surface area contributed by atoms with Crippen LogP contribution in [0.1, 0.15) is 62.6 Å². The summed E-state index contributed by atoms with van der Waals surface area (Å²) in [5.41, 5.74) is 6.12. The van der Waals surface area contributed by atoms with Crippen LogP contribution >= 0.6 is 15.9 Å². The highest BCUT2D eigenvalue weighted by atomic mass is 79.9. The van der Waals surface area contributed by atoms with E-state index in [-0.39, 0.29) is 11.9 Å². The summed E-state index contributed by atoms with van der Waals surface area (Å²) in [6.07, 6.45) is 3.31. The van der Waals surface area contributed by atoms with E-state index >= 15 is 0 Å². The van der Waals surface area contributed by atoms with Crippen molar-refractivity contribution in [2.75, 3.05) is 13.1 Å². The zero-order valence-corrected chi connectivity index (χ0v) is 21.4. The van der Waals surface area contributed by atoms with Crippen molar-refractivity contribution in [2.45, 2.75) is 65.0 Å². The van der Waals surface area contributed by atoms with Gasteiger partial charge in [0.05, 0.1) is 5.92 Å². The van der Waals surface area contributed by atoms with E-state index in [1.54, 1.807) is 0 Å². The average Bonchev–Trinajstić information content (AvgIpc) is 3.33. The van der Waals surface area contributed by atoms with Crippen molar-refractivity contribution < 1.29 is 13.9 Å². The molecular formula is C27H31BrN2O3. The molecule has 0 radical (unpaired) electrons. The molecule has 174 valence electrons. The van der Waals surface area contributed by atoms with Gasteiger partial charge in [-0.3, -0.25) is 9.69 Å². The number of nitrogens with zero attached hydrogens (tertiary/aromatic N) is 2. The van der Waals surface area contributed by atoms with Crippen molar-refractivity contribution in [2.24, 2.45) is 5.92 Å². The quantitative estimate of drug-likeness (QED) is 0.361. The SMILES string of the molecule is Cc1c(Br)cccc1-c1nc2cc(CN3CCC(C(=O)OC(C)(C)C)C3)c(C3CC3)cc2o1. The van der Waals surface area contributed by atoms with Gasteiger partial charge >= 0.3 is 5.97 Å². The van der Waals surface area contributed by atoms with Crippen LogP contribution in [0.5, 0.6) is 0 Å². The molecule has 3 aromatic rings. The van der Waals surface area contributed by atoms with Crippen LogP contribution in [0, 0.1) is 12.8 Å². The second-order valence-electron chi connectivity index (χ2n) is 10.5. The molecule has 1 aliphatic carbocycles. The van der Waals surface area contributed by atoms with Crippen LogP contribution in [-0.2, 0) is 16.1 Å². The van der Waals surface area contributed by atoms with Crippen LogP contribution in [-0.4, -0.2) is 34.5 Å². The molecule has 1 atom stereocenters. The molecule has 2 heterocycles. The fourth-order valence-electron chi connectivity index (χ4n) is 4.69. The summed E-state index contributed by atoms with van der Waals surface area (Å²) in [7, 11) is 0. The number of rotatable bonds is 5. The first-order chi connectivity index (χ1) is 15.7. The maximum absolute atomic E-state index is 12.5. The van der Waals surface area contributed by atoms with Crippen LogP contribution in [0.4, 0.5) is 0 Å². The van der Waals surface area contributed by atoms with Crippen LogP contribution in [0.2, 0.25) is 0 Å². The Morgan fingerprint density at radius 2 is 2.03 bits per heavy atom.